The highest BCUT2D eigenvalue weighted by Gasteiger charge is 2.25. The summed E-state index contributed by atoms with van der Waals surface area (Å²) in [5, 5.41) is 0. The van der Waals surface area contributed by atoms with Gasteiger partial charge in [-0.1, -0.05) is 26.4 Å². The van der Waals surface area contributed by atoms with Crippen molar-refractivity contribution >= 4 is 31.3 Å². The second kappa shape index (κ2) is 4.63. The predicted molar refractivity (Wildman–Crippen MR) is 52.7 cm³/mol. The summed E-state index contributed by atoms with van der Waals surface area (Å²) in [7, 11) is -1.23. The van der Waals surface area contributed by atoms with Gasteiger partial charge in [0.05, 0.1) is 8.07 Å². The van der Waals surface area contributed by atoms with E-state index in [1.807, 2.05) is 0 Å². The summed E-state index contributed by atoms with van der Waals surface area (Å²) in [5.74, 6) is 0.745. The average Bonchev–Trinajstić information content (AvgIpc) is 1.87. The van der Waals surface area contributed by atoms with Crippen molar-refractivity contribution in [3.8, 4) is 0 Å². The topological polar surface area (TPSA) is 0 Å². The molecule has 0 saturated carbocycles. The van der Waals surface area contributed by atoms with Crippen molar-refractivity contribution in [1.82, 2.24) is 0 Å². The Morgan fingerprint density at radius 1 is 1.20 bits per heavy atom. The highest BCUT2D eigenvalue weighted by Crippen LogP contribution is 2.19. The van der Waals surface area contributed by atoms with Gasteiger partial charge in [-0.25, -0.2) is 0 Å². The fourth-order valence-corrected chi connectivity index (χ4v) is 4.90. The first-order valence-electron chi connectivity index (χ1n) is 3.66. The largest absolute Gasteiger partial charge is 0.130 e. The molecule has 0 aliphatic carbocycles. The van der Waals surface area contributed by atoms with Gasteiger partial charge in [0.15, 0.2) is 0 Å². The smallest absolute Gasteiger partial charge is 0.0832 e. The maximum Gasteiger partial charge on any atom is 0.0832 e. The molecule has 0 heterocycles. The predicted octanol–water partition coefficient (Wildman–Crippen LogP) is 3.28. The Bertz CT molecular complexity index is 89.6. The van der Waals surface area contributed by atoms with Gasteiger partial charge in [0.1, 0.15) is 0 Å². The first-order chi connectivity index (χ1) is 4.54. The van der Waals surface area contributed by atoms with Crippen LogP contribution in [0.25, 0.3) is 0 Å². The van der Waals surface area contributed by atoms with E-state index in [4.69, 9.17) is 23.2 Å². The zero-order valence-corrected chi connectivity index (χ0v) is 9.47. The van der Waals surface area contributed by atoms with Crippen molar-refractivity contribution in [2.75, 3.05) is 11.0 Å². The molecule has 0 N–H and O–H groups in total. The van der Waals surface area contributed by atoms with Gasteiger partial charge in [-0.2, -0.15) is 0 Å². The van der Waals surface area contributed by atoms with Crippen molar-refractivity contribution < 1.29 is 0 Å². The first-order valence-corrected chi connectivity index (χ1v) is 7.85. The van der Waals surface area contributed by atoms with Crippen LogP contribution in [0.4, 0.5) is 0 Å². The van der Waals surface area contributed by atoms with Gasteiger partial charge in [0.25, 0.3) is 0 Å². The number of halogens is 2. The lowest BCUT2D eigenvalue weighted by atomic mass is 10.3. The van der Waals surface area contributed by atoms with E-state index in [1.165, 1.54) is 6.04 Å². The molecule has 0 aliphatic heterocycles. The molecule has 0 unspecified atom stereocenters. The molecule has 0 bridgehead atoms. The minimum Gasteiger partial charge on any atom is -0.130 e. The lowest BCUT2D eigenvalue weighted by molar-refractivity contribution is 0.720. The lowest BCUT2D eigenvalue weighted by Gasteiger charge is -2.23. The number of hydrogen-bond acceptors (Lipinski definition) is 0. The van der Waals surface area contributed by atoms with E-state index in [0.717, 1.165) is 16.9 Å². The van der Waals surface area contributed by atoms with Crippen molar-refractivity contribution in [1.29, 1.82) is 0 Å². The minimum atomic E-state index is -1.23. The van der Waals surface area contributed by atoms with Gasteiger partial charge in [-0.3, -0.25) is 0 Å². The Morgan fingerprint density at radius 3 is 1.70 bits per heavy atom. The molecule has 0 saturated heterocycles. The monoisotopic (exact) mass is 198 g/mol. The van der Waals surface area contributed by atoms with E-state index in [1.54, 1.807) is 0 Å². The van der Waals surface area contributed by atoms with Crippen molar-refractivity contribution in [2.45, 2.75) is 26.4 Å². The second-order valence-corrected chi connectivity index (χ2v) is 9.84. The Kier molecular flexibility index (Phi) is 5.00. The van der Waals surface area contributed by atoms with E-state index in [2.05, 4.69) is 20.4 Å². The molecule has 3 heteroatoms. The summed E-state index contributed by atoms with van der Waals surface area (Å²) in [5.41, 5.74) is 1.60. The normalized spacial score (nSPS) is 12.6. The molecule has 0 nitrogen and oxygen atoms in total. The standard InChI is InChI=1S/C7H16Cl2Si/c1-7(2)4-10(3,5-8)6-9/h7H,4-6H2,1-3H3. The molecule has 0 aromatic rings. The van der Waals surface area contributed by atoms with Crippen LogP contribution in [0.5, 0.6) is 0 Å². The van der Waals surface area contributed by atoms with Crippen LogP contribution < -0.4 is 0 Å². The highest BCUT2D eigenvalue weighted by atomic mass is 35.5. The van der Waals surface area contributed by atoms with Crippen molar-refractivity contribution in [3.05, 3.63) is 0 Å². The molecule has 0 aliphatic rings. The van der Waals surface area contributed by atoms with Crippen LogP contribution in [0.15, 0.2) is 0 Å². The summed E-state index contributed by atoms with van der Waals surface area (Å²) in [6.07, 6.45) is 0. The van der Waals surface area contributed by atoms with Crippen LogP contribution in [0.2, 0.25) is 12.6 Å². The lowest BCUT2D eigenvalue weighted by Crippen LogP contribution is -2.37. The van der Waals surface area contributed by atoms with E-state index in [9.17, 15) is 0 Å². The average molecular weight is 199 g/mol. The van der Waals surface area contributed by atoms with E-state index >= 15 is 0 Å². The first kappa shape index (κ1) is 10.8. The van der Waals surface area contributed by atoms with Crippen LogP contribution in [-0.2, 0) is 0 Å². The molecule has 0 spiro atoms. The fourth-order valence-electron chi connectivity index (χ4n) is 1.13. The molecule has 0 aromatic heterocycles. The fraction of sp³-hybridized carbons (Fsp3) is 1.00. The van der Waals surface area contributed by atoms with Gasteiger partial charge in [0.2, 0.25) is 0 Å². The van der Waals surface area contributed by atoms with Gasteiger partial charge in [-0.15, -0.1) is 23.2 Å². The summed E-state index contributed by atoms with van der Waals surface area (Å²) in [6.45, 7) is 6.72. The molecule has 0 amide bonds. The van der Waals surface area contributed by atoms with Crippen molar-refractivity contribution in [3.63, 3.8) is 0 Å². The van der Waals surface area contributed by atoms with E-state index < -0.39 is 8.07 Å². The third kappa shape index (κ3) is 3.84. The molecule has 0 fully saturated rings. The van der Waals surface area contributed by atoms with Crippen LogP contribution in [0.1, 0.15) is 13.8 Å². The van der Waals surface area contributed by atoms with Gasteiger partial charge >= 0.3 is 0 Å². The Labute approximate surface area is 74.9 Å². The number of rotatable bonds is 4. The molecular weight excluding hydrogens is 183 g/mol. The molecule has 0 radical (unpaired) electrons. The van der Waals surface area contributed by atoms with E-state index in [0.29, 0.717) is 0 Å². The van der Waals surface area contributed by atoms with Gasteiger partial charge in [0, 0.05) is 11.0 Å². The molecular formula is C7H16Cl2Si. The molecule has 0 aromatic carbocycles. The Balaban J connectivity index is 3.80. The SMILES string of the molecule is CC(C)C[Si](C)(CCl)CCl. The van der Waals surface area contributed by atoms with Crippen LogP contribution in [0.3, 0.4) is 0 Å². The third-order valence-electron chi connectivity index (χ3n) is 1.55. The van der Waals surface area contributed by atoms with E-state index in [-0.39, 0.29) is 0 Å². The van der Waals surface area contributed by atoms with Crippen LogP contribution in [0, 0.1) is 5.92 Å². The summed E-state index contributed by atoms with van der Waals surface area (Å²) < 4.78 is 0. The van der Waals surface area contributed by atoms with Crippen LogP contribution in [-0.4, -0.2) is 19.1 Å². The number of hydrogen-bond donors (Lipinski definition) is 0. The Hall–Kier alpha value is 0.797. The molecule has 62 valence electrons. The van der Waals surface area contributed by atoms with Gasteiger partial charge < -0.3 is 0 Å². The maximum atomic E-state index is 5.83. The molecule has 0 atom stereocenters. The second-order valence-electron chi connectivity index (χ2n) is 3.68. The zero-order valence-electron chi connectivity index (χ0n) is 6.95. The Morgan fingerprint density at radius 2 is 1.60 bits per heavy atom. The minimum absolute atomic E-state index is 0.745. The quantitative estimate of drug-likeness (QED) is 0.481. The van der Waals surface area contributed by atoms with Crippen molar-refractivity contribution in [2.24, 2.45) is 5.92 Å². The molecule has 10 heavy (non-hydrogen) atoms. The summed E-state index contributed by atoms with van der Waals surface area (Å²) in [4.78, 5) is 0. The molecule has 0 rings (SSSR count). The highest BCUT2D eigenvalue weighted by molar-refractivity contribution is 6.88. The third-order valence-corrected chi connectivity index (χ3v) is 8.51. The number of alkyl halides is 2. The summed E-state index contributed by atoms with van der Waals surface area (Å²) >= 11 is 11.7. The summed E-state index contributed by atoms with van der Waals surface area (Å²) in [6, 6.07) is 1.25. The van der Waals surface area contributed by atoms with Gasteiger partial charge in [-0.05, 0) is 5.92 Å². The maximum absolute atomic E-state index is 5.83. The zero-order chi connectivity index (χ0) is 8.20. The van der Waals surface area contributed by atoms with Crippen LogP contribution >= 0.6 is 23.2 Å².